The fourth-order valence-corrected chi connectivity index (χ4v) is 2.12. The zero-order chi connectivity index (χ0) is 10.4. The molecule has 0 spiro atoms. The summed E-state index contributed by atoms with van der Waals surface area (Å²) in [5, 5.41) is 0. The Morgan fingerprint density at radius 1 is 1.43 bits per heavy atom. The van der Waals surface area contributed by atoms with Gasteiger partial charge < -0.3 is 15.4 Å². The van der Waals surface area contributed by atoms with E-state index in [2.05, 4.69) is 0 Å². The second-order valence-electron chi connectivity index (χ2n) is 4.82. The number of nitrogens with two attached hydrogens (primary N) is 1. The fourth-order valence-electron chi connectivity index (χ4n) is 2.12. The third-order valence-corrected chi connectivity index (χ3v) is 3.50. The summed E-state index contributed by atoms with van der Waals surface area (Å²) in [5.74, 6) is 0.110. The van der Waals surface area contributed by atoms with Crippen LogP contribution in [0.3, 0.4) is 0 Å². The summed E-state index contributed by atoms with van der Waals surface area (Å²) in [6.07, 6.45) is 2.76. The molecule has 1 amide bonds. The Kier molecular flexibility index (Phi) is 2.08. The lowest BCUT2D eigenvalue weighted by Gasteiger charge is -2.51. The molecule has 14 heavy (non-hydrogen) atoms. The van der Waals surface area contributed by atoms with Crippen molar-refractivity contribution >= 4 is 5.91 Å². The first-order valence-electron chi connectivity index (χ1n) is 5.13. The molecule has 80 valence electrons. The average molecular weight is 198 g/mol. The molecule has 4 heteroatoms. The van der Waals surface area contributed by atoms with Crippen LogP contribution in [0.4, 0.5) is 0 Å². The Morgan fingerprint density at radius 2 is 2.00 bits per heavy atom. The SMILES string of the molecule is COC1(C)CN(C(=O)C2(N)CCC2)C1. The number of methoxy groups -OCH3 is 1. The molecule has 2 aliphatic rings. The number of amides is 1. The van der Waals surface area contributed by atoms with Gasteiger partial charge in [-0.05, 0) is 26.2 Å². The van der Waals surface area contributed by atoms with Gasteiger partial charge in [0.2, 0.25) is 5.91 Å². The van der Waals surface area contributed by atoms with Gasteiger partial charge in [0.25, 0.3) is 0 Å². The van der Waals surface area contributed by atoms with Crippen molar-refractivity contribution in [3.63, 3.8) is 0 Å². The number of carbonyl (C=O) groups excluding carboxylic acids is 1. The summed E-state index contributed by atoms with van der Waals surface area (Å²) in [6.45, 7) is 3.38. The molecule has 1 aliphatic heterocycles. The molecule has 1 aliphatic carbocycles. The van der Waals surface area contributed by atoms with Crippen molar-refractivity contribution < 1.29 is 9.53 Å². The van der Waals surface area contributed by atoms with E-state index in [4.69, 9.17) is 10.5 Å². The van der Waals surface area contributed by atoms with Crippen LogP contribution in [0, 0.1) is 0 Å². The molecule has 2 N–H and O–H groups in total. The predicted molar refractivity (Wildman–Crippen MR) is 52.8 cm³/mol. The van der Waals surface area contributed by atoms with Gasteiger partial charge in [0.1, 0.15) is 0 Å². The van der Waals surface area contributed by atoms with Gasteiger partial charge in [-0.3, -0.25) is 4.79 Å². The third kappa shape index (κ3) is 1.33. The Morgan fingerprint density at radius 3 is 2.36 bits per heavy atom. The minimum absolute atomic E-state index is 0.110. The Hall–Kier alpha value is -0.610. The molecule has 2 rings (SSSR count). The van der Waals surface area contributed by atoms with Crippen molar-refractivity contribution in [2.45, 2.75) is 37.3 Å². The Balaban J connectivity index is 1.90. The normalized spacial score (nSPS) is 27.8. The fraction of sp³-hybridized carbons (Fsp3) is 0.900. The second kappa shape index (κ2) is 2.94. The first-order chi connectivity index (χ1) is 6.49. The van der Waals surface area contributed by atoms with E-state index in [1.165, 1.54) is 0 Å². The number of carbonyl (C=O) groups is 1. The number of hydrogen-bond acceptors (Lipinski definition) is 3. The van der Waals surface area contributed by atoms with Crippen molar-refractivity contribution in [1.29, 1.82) is 0 Å². The number of nitrogens with zero attached hydrogens (tertiary/aromatic N) is 1. The average Bonchev–Trinajstić information content (AvgIpc) is 2.07. The summed E-state index contributed by atoms with van der Waals surface area (Å²) in [7, 11) is 1.68. The Labute approximate surface area is 84.4 Å². The molecule has 0 bridgehead atoms. The summed E-state index contributed by atoms with van der Waals surface area (Å²) in [4.78, 5) is 13.7. The summed E-state index contributed by atoms with van der Waals surface area (Å²) < 4.78 is 5.28. The van der Waals surface area contributed by atoms with Crippen LogP contribution >= 0.6 is 0 Å². The zero-order valence-electron chi connectivity index (χ0n) is 8.88. The van der Waals surface area contributed by atoms with Gasteiger partial charge in [-0.15, -0.1) is 0 Å². The molecule has 0 aromatic carbocycles. The number of ether oxygens (including phenoxy) is 1. The summed E-state index contributed by atoms with van der Waals surface area (Å²) >= 11 is 0. The molecule has 0 radical (unpaired) electrons. The standard InChI is InChI=1S/C10H18N2O2/c1-9(14-2)6-12(7-9)8(13)10(11)4-3-5-10/h3-7,11H2,1-2H3. The monoisotopic (exact) mass is 198 g/mol. The number of likely N-dealkylation sites (tertiary alicyclic amines) is 1. The van der Waals surface area contributed by atoms with Crippen molar-refractivity contribution in [2.75, 3.05) is 20.2 Å². The molecule has 1 saturated heterocycles. The van der Waals surface area contributed by atoms with Gasteiger partial charge in [0.05, 0.1) is 24.2 Å². The molecule has 0 aromatic heterocycles. The highest BCUT2D eigenvalue weighted by molar-refractivity contribution is 5.88. The molecular formula is C10H18N2O2. The quantitative estimate of drug-likeness (QED) is 0.685. The highest BCUT2D eigenvalue weighted by atomic mass is 16.5. The predicted octanol–water partition coefficient (Wildman–Crippen LogP) is 0.115. The lowest BCUT2D eigenvalue weighted by molar-refractivity contribution is -0.166. The van der Waals surface area contributed by atoms with Crippen molar-refractivity contribution in [3.8, 4) is 0 Å². The van der Waals surface area contributed by atoms with Crippen LogP contribution in [0.1, 0.15) is 26.2 Å². The third-order valence-electron chi connectivity index (χ3n) is 3.50. The molecule has 4 nitrogen and oxygen atoms in total. The Bertz CT molecular complexity index is 255. The van der Waals surface area contributed by atoms with Crippen LogP contribution < -0.4 is 5.73 Å². The maximum Gasteiger partial charge on any atom is 0.242 e. The smallest absolute Gasteiger partial charge is 0.242 e. The van der Waals surface area contributed by atoms with Crippen molar-refractivity contribution in [1.82, 2.24) is 4.90 Å². The molecule has 1 saturated carbocycles. The van der Waals surface area contributed by atoms with Crippen LogP contribution in [0.2, 0.25) is 0 Å². The highest BCUT2D eigenvalue weighted by Gasteiger charge is 2.49. The van der Waals surface area contributed by atoms with E-state index in [1.54, 1.807) is 7.11 Å². The van der Waals surface area contributed by atoms with Gasteiger partial charge in [-0.25, -0.2) is 0 Å². The van der Waals surface area contributed by atoms with Crippen LogP contribution in [0.25, 0.3) is 0 Å². The lowest BCUT2D eigenvalue weighted by atomic mass is 9.75. The maximum absolute atomic E-state index is 11.9. The van der Waals surface area contributed by atoms with Gasteiger partial charge in [0, 0.05) is 7.11 Å². The summed E-state index contributed by atoms with van der Waals surface area (Å²) in [5.41, 5.74) is 5.27. The summed E-state index contributed by atoms with van der Waals surface area (Å²) in [6, 6.07) is 0. The first kappa shape index (κ1) is 9.93. The minimum Gasteiger partial charge on any atom is -0.375 e. The maximum atomic E-state index is 11.9. The van der Waals surface area contributed by atoms with E-state index < -0.39 is 5.54 Å². The van der Waals surface area contributed by atoms with E-state index in [9.17, 15) is 4.79 Å². The molecule has 1 heterocycles. The van der Waals surface area contributed by atoms with E-state index in [1.807, 2.05) is 11.8 Å². The largest absolute Gasteiger partial charge is 0.375 e. The second-order valence-corrected chi connectivity index (χ2v) is 4.82. The topological polar surface area (TPSA) is 55.6 Å². The van der Waals surface area contributed by atoms with E-state index >= 15 is 0 Å². The molecule has 0 atom stereocenters. The van der Waals surface area contributed by atoms with Crippen LogP contribution in [0.15, 0.2) is 0 Å². The highest BCUT2D eigenvalue weighted by Crippen LogP contribution is 2.34. The molecule has 2 fully saturated rings. The van der Waals surface area contributed by atoms with Crippen LogP contribution in [-0.4, -0.2) is 42.1 Å². The van der Waals surface area contributed by atoms with Gasteiger partial charge in [-0.1, -0.05) is 0 Å². The van der Waals surface area contributed by atoms with E-state index in [0.29, 0.717) is 13.1 Å². The van der Waals surface area contributed by atoms with E-state index in [0.717, 1.165) is 19.3 Å². The number of hydrogen-bond donors (Lipinski definition) is 1. The van der Waals surface area contributed by atoms with E-state index in [-0.39, 0.29) is 11.5 Å². The zero-order valence-corrected chi connectivity index (χ0v) is 8.88. The number of rotatable bonds is 2. The van der Waals surface area contributed by atoms with Gasteiger partial charge in [0.15, 0.2) is 0 Å². The molecule has 0 unspecified atom stereocenters. The minimum atomic E-state index is -0.547. The van der Waals surface area contributed by atoms with Gasteiger partial charge >= 0.3 is 0 Å². The molecule has 0 aromatic rings. The lowest BCUT2D eigenvalue weighted by Crippen LogP contribution is -2.69. The van der Waals surface area contributed by atoms with Crippen molar-refractivity contribution in [2.24, 2.45) is 5.73 Å². The van der Waals surface area contributed by atoms with Crippen molar-refractivity contribution in [3.05, 3.63) is 0 Å². The van der Waals surface area contributed by atoms with Gasteiger partial charge in [-0.2, -0.15) is 0 Å². The first-order valence-corrected chi connectivity index (χ1v) is 5.13. The van der Waals surface area contributed by atoms with Crippen LogP contribution in [0.5, 0.6) is 0 Å². The van der Waals surface area contributed by atoms with Crippen LogP contribution in [-0.2, 0) is 9.53 Å². The molecular weight excluding hydrogens is 180 g/mol.